The third-order valence-electron chi connectivity index (χ3n) is 5.37. The van der Waals surface area contributed by atoms with E-state index in [1.807, 2.05) is 61.5 Å². The Morgan fingerprint density at radius 1 is 1.06 bits per heavy atom. The van der Waals surface area contributed by atoms with E-state index in [1.165, 1.54) is 11.0 Å². The second-order valence-corrected chi connectivity index (χ2v) is 8.58. The first kappa shape index (κ1) is 22.5. The summed E-state index contributed by atoms with van der Waals surface area (Å²) in [6.45, 7) is 1.87. The average Bonchev–Trinajstić information content (AvgIpc) is 3.22. The summed E-state index contributed by atoms with van der Waals surface area (Å²) in [7, 11) is 0. The van der Waals surface area contributed by atoms with Crippen molar-refractivity contribution >= 4 is 44.4 Å². The number of nitrogens with zero attached hydrogens (tertiary/aromatic N) is 5. The first-order valence-electron chi connectivity index (χ1n) is 10.7. The highest BCUT2D eigenvalue weighted by Gasteiger charge is 2.19. The van der Waals surface area contributed by atoms with Gasteiger partial charge in [0.15, 0.2) is 5.65 Å². The van der Waals surface area contributed by atoms with Gasteiger partial charge in [0.05, 0.1) is 5.39 Å². The Labute approximate surface area is 209 Å². The summed E-state index contributed by atoms with van der Waals surface area (Å²) in [6.07, 6.45) is 2.99. The van der Waals surface area contributed by atoms with Crippen LogP contribution >= 0.6 is 15.9 Å². The number of nitrogens with one attached hydrogen (secondary N) is 1. The lowest BCUT2D eigenvalue weighted by Gasteiger charge is -2.10. The number of carbonyl (C=O) groups excluding carboxylic acids is 1. The van der Waals surface area contributed by atoms with E-state index in [0.717, 1.165) is 10.0 Å². The van der Waals surface area contributed by atoms with E-state index in [-0.39, 0.29) is 18.3 Å². The summed E-state index contributed by atoms with van der Waals surface area (Å²) in [5.74, 6) is 1.15. The predicted octanol–water partition coefficient (Wildman–Crippen LogP) is 4.97. The molecule has 0 unspecified atom stereocenters. The van der Waals surface area contributed by atoms with Crippen LogP contribution in [0.5, 0.6) is 11.6 Å². The van der Waals surface area contributed by atoms with Crippen molar-refractivity contribution in [1.29, 1.82) is 0 Å². The smallest absolute Gasteiger partial charge is 0.246 e. The summed E-state index contributed by atoms with van der Waals surface area (Å²) in [4.78, 5) is 25.7. The topological polar surface area (TPSA) is 121 Å². The van der Waals surface area contributed by atoms with Crippen molar-refractivity contribution in [3.63, 3.8) is 0 Å². The highest BCUT2D eigenvalue weighted by Crippen LogP contribution is 2.31. The van der Waals surface area contributed by atoms with E-state index in [9.17, 15) is 4.79 Å². The molecule has 10 heteroatoms. The van der Waals surface area contributed by atoms with E-state index in [0.29, 0.717) is 39.6 Å². The SMILES string of the molecule is Cc1c(Br)cccc1NC(=O)Cn1nc(-c2ccc(Oc3ccccc3)nc2)c2c(N)ncnc21. The second kappa shape index (κ2) is 9.51. The van der Waals surface area contributed by atoms with Crippen LogP contribution in [0.25, 0.3) is 22.3 Å². The normalized spacial score (nSPS) is 10.9. The van der Waals surface area contributed by atoms with Gasteiger partial charge in [0.2, 0.25) is 11.8 Å². The van der Waals surface area contributed by atoms with Crippen LogP contribution in [0.2, 0.25) is 0 Å². The van der Waals surface area contributed by atoms with Gasteiger partial charge >= 0.3 is 0 Å². The Hall–Kier alpha value is -4.31. The molecule has 3 aromatic heterocycles. The van der Waals surface area contributed by atoms with E-state index >= 15 is 0 Å². The summed E-state index contributed by atoms with van der Waals surface area (Å²) in [5.41, 5.74) is 9.51. The number of rotatable bonds is 6. The summed E-state index contributed by atoms with van der Waals surface area (Å²) < 4.78 is 8.20. The molecule has 3 heterocycles. The molecule has 0 atom stereocenters. The van der Waals surface area contributed by atoms with Gasteiger partial charge in [-0.1, -0.05) is 40.2 Å². The summed E-state index contributed by atoms with van der Waals surface area (Å²) in [5, 5.41) is 8.12. The van der Waals surface area contributed by atoms with Gasteiger partial charge in [0.1, 0.15) is 30.1 Å². The molecule has 0 spiro atoms. The fraction of sp³-hybridized carbons (Fsp3) is 0.0800. The minimum absolute atomic E-state index is 0.0540. The van der Waals surface area contributed by atoms with Gasteiger partial charge in [-0.05, 0) is 42.8 Å². The lowest BCUT2D eigenvalue weighted by Crippen LogP contribution is -2.20. The molecule has 174 valence electrons. The van der Waals surface area contributed by atoms with Crippen LogP contribution in [-0.2, 0) is 11.3 Å². The molecule has 35 heavy (non-hydrogen) atoms. The first-order valence-corrected chi connectivity index (χ1v) is 11.5. The largest absolute Gasteiger partial charge is 0.439 e. The standard InChI is InChI=1S/C25H20BrN7O2/c1-15-18(26)8-5-9-19(15)31-20(34)13-33-25-22(24(27)29-14-30-25)23(32-33)16-10-11-21(28-12-16)35-17-6-3-2-4-7-17/h2-12,14H,13H2,1H3,(H,31,34)(H2,27,29,30). The minimum atomic E-state index is -0.246. The minimum Gasteiger partial charge on any atom is -0.439 e. The molecule has 0 aliphatic rings. The number of aromatic nitrogens is 5. The Bertz CT molecular complexity index is 1520. The Morgan fingerprint density at radius 2 is 1.89 bits per heavy atom. The number of halogens is 1. The van der Waals surface area contributed by atoms with Crippen molar-refractivity contribution in [3.05, 3.63) is 83.2 Å². The maximum atomic E-state index is 12.8. The number of nitrogen functional groups attached to an aromatic ring is 1. The number of carbonyl (C=O) groups is 1. The third-order valence-corrected chi connectivity index (χ3v) is 6.23. The van der Waals surface area contributed by atoms with E-state index in [4.69, 9.17) is 10.5 Å². The van der Waals surface area contributed by atoms with Crippen LogP contribution in [0.4, 0.5) is 11.5 Å². The molecular weight excluding hydrogens is 510 g/mol. The van der Waals surface area contributed by atoms with Crippen LogP contribution in [0.3, 0.4) is 0 Å². The molecule has 0 aliphatic heterocycles. The molecule has 0 fully saturated rings. The molecule has 1 amide bonds. The average molecular weight is 530 g/mol. The van der Waals surface area contributed by atoms with Crippen LogP contribution < -0.4 is 15.8 Å². The molecule has 5 aromatic rings. The molecule has 0 radical (unpaired) electrons. The predicted molar refractivity (Wildman–Crippen MR) is 137 cm³/mol. The van der Waals surface area contributed by atoms with Crippen LogP contribution in [0.15, 0.2) is 77.7 Å². The van der Waals surface area contributed by atoms with Gasteiger partial charge in [0.25, 0.3) is 0 Å². The molecular formula is C25H20BrN7O2. The highest BCUT2D eigenvalue weighted by molar-refractivity contribution is 9.10. The number of hydrogen-bond donors (Lipinski definition) is 2. The van der Waals surface area contributed by atoms with Gasteiger partial charge in [-0.2, -0.15) is 5.10 Å². The van der Waals surface area contributed by atoms with Crippen LogP contribution in [-0.4, -0.2) is 30.6 Å². The Balaban J connectivity index is 1.44. The van der Waals surface area contributed by atoms with Crippen molar-refractivity contribution < 1.29 is 9.53 Å². The molecule has 3 N–H and O–H groups in total. The molecule has 0 saturated carbocycles. The number of anilines is 2. The van der Waals surface area contributed by atoms with Gasteiger partial charge in [-0.3, -0.25) is 4.79 Å². The molecule has 5 rings (SSSR count). The van der Waals surface area contributed by atoms with Gasteiger partial charge < -0.3 is 15.8 Å². The van der Waals surface area contributed by atoms with E-state index in [1.54, 1.807) is 12.3 Å². The van der Waals surface area contributed by atoms with Crippen molar-refractivity contribution in [1.82, 2.24) is 24.7 Å². The monoisotopic (exact) mass is 529 g/mol. The number of benzene rings is 2. The van der Waals surface area contributed by atoms with Crippen molar-refractivity contribution in [2.24, 2.45) is 0 Å². The maximum absolute atomic E-state index is 12.8. The van der Waals surface area contributed by atoms with E-state index < -0.39 is 0 Å². The lowest BCUT2D eigenvalue weighted by atomic mass is 10.1. The second-order valence-electron chi connectivity index (χ2n) is 7.72. The third kappa shape index (κ3) is 4.69. The van der Waals surface area contributed by atoms with Crippen molar-refractivity contribution in [3.8, 4) is 22.9 Å². The zero-order valence-electron chi connectivity index (χ0n) is 18.6. The number of nitrogens with two attached hydrogens (primary N) is 1. The lowest BCUT2D eigenvalue weighted by molar-refractivity contribution is -0.116. The highest BCUT2D eigenvalue weighted by atomic mass is 79.9. The number of hydrogen-bond acceptors (Lipinski definition) is 7. The summed E-state index contributed by atoms with van der Waals surface area (Å²) >= 11 is 3.48. The van der Waals surface area contributed by atoms with Gasteiger partial charge in [-0.15, -0.1) is 0 Å². The molecule has 0 aliphatic carbocycles. The van der Waals surface area contributed by atoms with Crippen molar-refractivity contribution in [2.45, 2.75) is 13.5 Å². The molecule has 9 nitrogen and oxygen atoms in total. The molecule has 2 aromatic carbocycles. The zero-order valence-corrected chi connectivity index (χ0v) is 20.2. The zero-order chi connectivity index (χ0) is 24.4. The molecule has 0 saturated heterocycles. The Kier molecular flexibility index (Phi) is 6.11. The number of pyridine rings is 1. The van der Waals surface area contributed by atoms with Gasteiger partial charge in [0, 0.05) is 28.0 Å². The van der Waals surface area contributed by atoms with Crippen LogP contribution in [0.1, 0.15) is 5.56 Å². The quantitative estimate of drug-likeness (QED) is 0.318. The number of amides is 1. The number of fused-ring (bicyclic) bond motifs is 1. The fourth-order valence-corrected chi connectivity index (χ4v) is 3.97. The van der Waals surface area contributed by atoms with E-state index in [2.05, 4.69) is 41.3 Å². The maximum Gasteiger partial charge on any atom is 0.246 e. The number of ether oxygens (including phenoxy) is 1. The van der Waals surface area contributed by atoms with Gasteiger partial charge in [-0.25, -0.2) is 19.6 Å². The first-order chi connectivity index (χ1) is 17.0. The number of para-hydroxylation sites is 1. The molecule has 0 bridgehead atoms. The van der Waals surface area contributed by atoms with Crippen LogP contribution in [0, 0.1) is 6.92 Å². The summed E-state index contributed by atoms with van der Waals surface area (Å²) in [6, 6.07) is 18.6. The Morgan fingerprint density at radius 3 is 2.66 bits per heavy atom. The van der Waals surface area contributed by atoms with Crippen molar-refractivity contribution in [2.75, 3.05) is 11.1 Å². The fourth-order valence-electron chi connectivity index (χ4n) is 3.60.